The first kappa shape index (κ1) is 8.46. The number of hydrogen-bond acceptors (Lipinski definition) is 3. The van der Waals surface area contributed by atoms with Gasteiger partial charge >= 0.3 is 0 Å². The lowest BCUT2D eigenvalue weighted by molar-refractivity contribution is 0.155. The minimum absolute atomic E-state index is 0.0341. The number of aromatic nitrogens is 2. The van der Waals surface area contributed by atoms with E-state index in [2.05, 4.69) is 14.7 Å². The molecule has 0 saturated carbocycles. The number of hydrogen-bond donors (Lipinski definition) is 0. The minimum atomic E-state index is -1.59. The lowest BCUT2D eigenvalue weighted by Gasteiger charge is -2.05. The summed E-state index contributed by atoms with van der Waals surface area (Å²) in [6, 6.07) is 0. The van der Waals surface area contributed by atoms with Gasteiger partial charge in [-0.3, -0.25) is 0 Å². The second kappa shape index (κ2) is 2.77. The van der Waals surface area contributed by atoms with Crippen molar-refractivity contribution in [2.45, 2.75) is 25.4 Å². The van der Waals surface area contributed by atoms with Crippen LogP contribution >= 0.6 is 11.6 Å². The molecule has 0 N–H and O–H groups in total. The molecular weight excluding hydrogens is 171 g/mol. The number of nitrogens with zero attached hydrogens (tertiary/aromatic N) is 2. The Kier molecular flexibility index (Phi) is 2.13. The molecule has 1 aromatic rings. The Labute approximate surface area is 68.5 Å². The molecule has 5 heteroatoms. The molecule has 0 spiro atoms. The van der Waals surface area contributed by atoms with Crippen LogP contribution in [0.25, 0.3) is 0 Å². The Bertz CT molecular complexity index is 243. The van der Waals surface area contributed by atoms with Gasteiger partial charge in [-0.25, -0.2) is 4.39 Å². The summed E-state index contributed by atoms with van der Waals surface area (Å²) in [6.07, 6.45) is 0. The van der Waals surface area contributed by atoms with Gasteiger partial charge in [0.15, 0.2) is 11.5 Å². The molecule has 1 aromatic heterocycles. The van der Waals surface area contributed by atoms with Crippen LogP contribution in [0.3, 0.4) is 0 Å². The molecule has 11 heavy (non-hydrogen) atoms. The quantitative estimate of drug-likeness (QED) is 0.651. The zero-order chi connectivity index (χ0) is 8.48. The van der Waals surface area contributed by atoms with Crippen LogP contribution in [0.4, 0.5) is 4.39 Å². The van der Waals surface area contributed by atoms with E-state index in [0.29, 0.717) is 5.82 Å². The van der Waals surface area contributed by atoms with Crippen molar-refractivity contribution < 1.29 is 8.91 Å². The zero-order valence-electron chi connectivity index (χ0n) is 6.27. The summed E-state index contributed by atoms with van der Waals surface area (Å²) >= 11 is 5.38. The first-order chi connectivity index (χ1) is 5.04. The molecule has 3 nitrogen and oxygen atoms in total. The third kappa shape index (κ3) is 1.89. The first-order valence-corrected chi connectivity index (χ1v) is 3.65. The molecule has 0 radical (unpaired) electrons. The fourth-order valence-electron chi connectivity index (χ4n) is 0.550. The van der Waals surface area contributed by atoms with Crippen molar-refractivity contribution in [1.82, 2.24) is 10.1 Å². The average molecular weight is 179 g/mol. The van der Waals surface area contributed by atoms with Crippen LogP contribution in [0.1, 0.15) is 25.6 Å². The normalized spacial score (nSPS) is 12.0. The zero-order valence-corrected chi connectivity index (χ0v) is 7.02. The summed E-state index contributed by atoms with van der Waals surface area (Å²) < 4.78 is 17.6. The Morgan fingerprint density at radius 3 is 2.55 bits per heavy atom. The molecular formula is C6H8ClFN2O. The topological polar surface area (TPSA) is 38.9 Å². The SMILES string of the molecule is CC(C)(F)c1nc(CCl)no1. The second-order valence-electron chi connectivity index (χ2n) is 2.62. The lowest BCUT2D eigenvalue weighted by Crippen LogP contribution is -2.09. The van der Waals surface area contributed by atoms with Gasteiger partial charge in [-0.15, -0.1) is 11.6 Å². The maximum absolute atomic E-state index is 13.0. The Balaban J connectivity index is 2.89. The largest absolute Gasteiger partial charge is 0.336 e. The van der Waals surface area contributed by atoms with Gasteiger partial charge in [-0.05, 0) is 13.8 Å². The Morgan fingerprint density at radius 1 is 1.64 bits per heavy atom. The monoisotopic (exact) mass is 178 g/mol. The van der Waals surface area contributed by atoms with Gasteiger partial charge < -0.3 is 4.52 Å². The fourth-order valence-corrected chi connectivity index (χ4v) is 0.658. The van der Waals surface area contributed by atoms with Crippen LogP contribution in [0.2, 0.25) is 0 Å². The van der Waals surface area contributed by atoms with E-state index in [4.69, 9.17) is 11.6 Å². The summed E-state index contributed by atoms with van der Waals surface area (Å²) in [6.45, 7) is 2.69. The summed E-state index contributed by atoms with van der Waals surface area (Å²) in [5.41, 5.74) is -1.59. The molecule has 0 unspecified atom stereocenters. The van der Waals surface area contributed by atoms with Gasteiger partial charge in [-0.2, -0.15) is 4.98 Å². The van der Waals surface area contributed by atoms with Crippen LogP contribution in [0, 0.1) is 0 Å². The van der Waals surface area contributed by atoms with Crippen molar-refractivity contribution in [3.8, 4) is 0 Å². The van der Waals surface area contributed by atoms with Crippen LogP contribution in [-0.4, -0.2) is 10.1 Å². The van der Waals surface area contributed by atoms with Crippen molar-refractivity contribution in [3.05, 3.63) is 11.7 Å². The van der Waals surface area contributed by atoms with Crippen LogP contribution in [0.5, 0.6) is 0 Å². The number of alkyl halides is 2. The maximum Gasteiger partial charge on any atom is 0.263 e. The first-order valence-electron chi connectivity index (χ1n) is 3.12. The van der Waals surface area contributed by atoms with E-state index in [-0.39, 0.29) is 11.8 Å². The molecule has 0 amide bonds. The molecule has 0 bridgehead atoms. The highest BCUT2D eigenvalue weighted by Crippen LogP contribution is 2.22. The Morgan fingerprint density at radius 2 is 2.27 bits per heavy atom. The summed E-state index contributed by atoms with van der Waals surface area (Å²) in [5.74, 6) is 0.417. The highest BCUT2D eigenvalue weighted by atomic mass is 35.5. The number of rotatable bonds is 2. The van der Waals surface area contributed by atoms with E-state index in [0.717, 1.165) is 0 Å². The van der Waals surface area contributed by atoms with E-state index in [1.807, 2.05) is 0 Å². The molecule has 62 valence electrons. The van der Waals surface area contributed by atoms with E-state index < -0.39 is 5.67 Å². The summed E-state index contributed by atoms with van der Waals surface area (Å²) in [7, 11) is 0. The molecule has 0 fully saturated rings. The van der Waals surface area contributed by atoms with Gasteiger partial charge in [0.2, 0.25) is 0 Å². The van der Waals surface area contributed by atoms with Gasteiger partial charge in [-0.1, -0.05) is 5.16 Å². The predicted octanol–water partition coefficient (Wildman–Crippen LogP) is 2.01. The van der Waals surface area contributed by atoms with E-state index in [9.17, 15) is 4.39 Å². The van der Waals surface area contributed by atoms with Crippen molar-refractivity contribution in [2.75, 3.05) is 0 Å². The lowest BCUT2D eigenvalue weighted by atomic mass is 10.2. The van der Waals surface area contributed by atoms with Crippen molar-refractivity contribution >= 4 is 11.6 Å². The van der Waals surface area contributed by atoms with Crippen LogP contribution < -0.4 is 0 Å². The van der Waals surface area contributed by atoms with E-state index in [1.165, 1.54) is 13.8 Å². The van der Waals surface area contributed by atoms with E-state index >= 15 is 0 Å². The molecule has 1 heterocycles. The van der Waals surface area contributed by atoms with Crippen molar-refractivity contribution in [2.24, 2.45) is 0 Å². The summed E-state index contributed by atoms with van der Waals surface area (Å²) in [5, 5.41) is 3.44. The molecule has 0 aliphatic heterocycles. The van der Waals surface area contributed by atoms with Crippen LogP contribution in [-0.2, 0) is 11.5 Å². The fraction of sp³-hybridized carbons (Fsp3) is 0.667. The highest BCUT2D eigenvalue weighted by Gasteiger charge is 2.26. The van der Waals surface area contributed by atoms with Gasteiger partial charge in [0.25, 0.3) is 5.89 Å². The van der Waals surface area contributed by atoms with Crippen molar-refractivity contribution in [1.29, 1.82) is 0 Å². The molecule has 0 atom stereocenters. The third-order valence-electron chi connectivity index (χ3n) is 1.10. The van der Waals surface area contributed by atoms with Gasteiger partial charge in [0, 0.05) is 0 Å². The van der Waals surface area contributed by atoms with Crippen molar-refractivity contribution in [3.63, 3.8) is 0 Å². The molecule has 0 aliphatic carbocycles. The van der Waals surface area contributed by atoms with Gasteiger partial charge in [0.1, 0.15) is 0 Å². The third-order valence-corrected chi connectivity index (χ3v) is 1.34. The Hall–Kier alpha value is -0.640. The smallest absolute Gasteiger partial charge is 0.263 e. The highest BCUT2D eigenvalue weighted by molar-refractivity contribution is 6.16. The molecule has 0 aliphatic rings. The second-order valence-corrected chi connectivity index (χ2v) is 2.89. The molecule has 0 saturated heterocycles. The van der Waals surface area contributed by atoms with Crippen LogP contribution in [0.15, 0.2) is 4.52 Å². The van der Waals surface area contributed by atoms with Gasteiger partial charge in [0.05, 0.1) is 5.88 Å². The maximum atomic E-state index is 13.0. The summed E-state index contributed by atoms with van der Waals surface area (Å²) in [4.78, 5) is 3.72. The standard InChI is InChI=1S/C6H8ClFN2O/c1-6(2,8)5-9-4(3-7)10-11-5/h3H2,1-2H3. The molecule has 1 rings (SSSR count). The van der Waals surface area contributed by atoms with E-state index in [1.54, 1.807) is 0 Å². The predicted molar refractivity (Wildman–Crippen MR) is 38.0 cm³/mol. The molecule has 0 aromatic carbocycles. The minimum Gasteiger partial charge on any atom is -0.336 e. The number of halogens is 2. The average Bonchev–Trinajstić information content (AvgIpc) is 2.32.